The number of nitrogens with zero attached hydrogens (tertiary/aromatic N) is 1. The number of hydrogen-bond acceptors (Lipinski definition) is 3. The zero-order chi connectivity index (χ0) is 13.7. The molecule has 0 aromatic heterocycles. The van der Waals surface area contributed by atoms with E-state index < -0.39 is 0 Å². The molecule has 1 fully saturated rings. The SMILES string of the molecule is CCC1COCCN1CC(NC)c1ccccc1F. The molecule has 1 N–H and O–H groups in total. The predicted molar refractivity (Wildman–Crippen MR) is 74.7 cm³/mol. The first kappa shape index (κ1) is 14.4. The molecule has 19 heavy (non-hydrogen) atoms. The molecule has 1 aliphatic rings. The van der Waals surface area contributed by atoms with Gasteiger partial charge in [-0.2, -0.15) is 0 Å². The minimum atomic E-state index is -0.136. The Morgan fingerprint density at radius 3 is 2.95 bits per heavy atom. The van der Waals surface area contributed by atoms with Gasteiger partial charge in [-0.3, -0.25) is 4.90 Å². The number of benzene rings is 1. The van der Waals surface area contributed by atoms with Gasteiger partial charge in [0.05, 0.1) is 13.2 Å². The first-order valence-electron chi connectivity index (χ1n) is 6.99. The van der Waals surface area contributed by atoms with Crippen molar-refractivity contribution < 1.29 is 9.13 Å². The molecule has 0 radical (unpaired) electrons. The first-order valence-corrected chi connectivity index (χ1v) is 6.99. The Labute approximate surface area is 114 Å². The van der Waals surface area contributed by atoms with Gasteiger partial charge >= 0.3 is 0 Å². The van der Waals surface area contributed by atoms with E-state index in [0.29, 0.717) is 6.04 Å². The van der Waals surface area contributed by atoms with Gasteiger partial charge in [0, 0.05) is 30.7 Å². The highest BCUT2D eigenvalue weighted by Gasteiger charge is 2.25. The molecule has 3 nitrogen and oxygen atoms in total. The van der Waals surface area contributed by atoms with E-state index in [2.05, 4.69) is 17.1 Å². The van der Waals surface area contributed by atoms with Crippen molar-refractivity contribution in [2.45, 2.75) is 25.4 Å². The second kappa shape index (κ2) is 6.98. The lowest BCUT2D eigenvalue weighted by molar-refractivity contribution is -0.0125. The number of ether oxygens (including phenoxy) is 1. The monoisotopic (exact) mass is 266 g/mol. The van der Waals surface area contributed by atoms with Crippen molar-refractivity contribution in [3.8, 4) is 0 Å². The third-order valence-electron chi connectivity index (χ3n) is 3.87. The molecule has 2 rings (SSSR count). The van der Waals surface area contributed by atoms with Crippen molar-refractivity contribution in [1.82, 2.24) is 10.2 Å². The largest absolute Gasteiger partial charge is 0.378 e. The van der Waals surface area contributed by atoms with Gasteiger partial charge in [-0.15, -0.1) is 0 Å². The molecular formula is C15H23FN2O. The Morgan fingerprint density at radius 2 is 2.26 bits per heavy atom. The molecule has 0 saturated carbocycles. The molecule has 2 atom stereocenters. The van der Waals surface area contributed by atoms with Gasteiger partial charge in [-0.05, 0) is 19.5 Å². The van der Waals surface area contributed by atoms with Crippen LogP contribution in [0.25, 0.3) is 0 Å². The molecule has 1 aromatic rings. The fourth-order valence-electron chi connectivity index (χ4n) is 2.64. The van der Waals surface area contributed by atoms with E-state index in [1.807, 2.05) is 19.2 Å². The average molecular weight is 266 g/mol. The molecule has 2 unspecified atom stereocenters. The summed E-state index contributed by atoms with van der Waals surface area (Å²) in [6, 6.07) is 7.47. The lowest BCUT2D eigenvalue weighted by atomic mass is 10.0. The zero-order valence-corrected chi connectivity index (χ0v) is 11.7. The molecule has 0 amide bonds. The molecule has 4 heteroatoms. The highest BCUT2D eigenvalue weighted by Crippen LogP contribution is 2.20. The molecule has 0 aliphatic carbocycles. The number of rotatable bonds is 5. The van der Waals surface area contributed by atoms with Gasteiger partial charge in [0.25, 0.3) is 0 Å². The van der Waals surface area contributed by atoms with Crippen molar-refractivity contribution in [2.24, 2.45) is 0 Å². The minimum absolute atomic E-state index is 0.0216. The van der Waals surface area contributed by atoms with E-state index >= 15 is 0 Å². The van der Waals surface area contributed by atoms with Crippen LogP contribution in [0.4, 0.5) is 4.39 Å². The van der Waals surface area contributed by atoms with Crippen LogP contribution >= 0.6 is 0 Å². The quantitative estimate of drug-likeness (QED) is 0.884. The predicted octanol–water partition coefficient (Wildman–Crippen LogP) is 2.20. The van der Waals surface area contributed by atoms with Gasteiger partial charge < -0.3 is 10.1 Å². The van der Waals surface area contributed by atoms with E-state index in [0.717, 1.165) is 38.3 Å². The van der Waals surface area contributed by atoms with Crippen LogP contribution in [0, 0.1) is 5.82 Å². The van der Waals surface area contributed by atoms with Gasteiger partial charge in [-0.1, -0.05) is 25.1 Å². The van der Waals surface area contributed by atoms with Crippen LogP contribution in [0.3, 0.4) is 0 Å². The lowest BCUT2D eigenvalue weighted by Crippen LogP contribution is -2.48. The third kappa shape index (κ3) is 3.53. The van der Waals surface area contributed by atoms with Gasteiger partial charge in [0.1, 0.15) is 5.82 Å². The summed E-state index contributed by atoms with van der Waals surface area (Å²) < 4.78 is 19.4. The van der Waals surface area contributed by atoms with Crippen LogP contribution in [0.2, 0.25) is 0 Å². The van der Waals surface area contributed by atoms with E-state index in [9.17, 15) is 4.39 Å². The number of morpholine rings is 1. The number of hydrogen-bond donors (Lipinski definition) is 1. The van der Waals surface area contributed by atoms with Crippen molar-refractivity contribution >= 4 is 0 Å². The summed E-state index contributed by atoms with van der Waals surface area (Å²) in [4.78, 5) is 2.40. The van der Waals surface area contributed by atoms with E-state index in [-0.39, 0.29) is 11.9 Å². The van der Waals surface area contributed by atoms with Crippen molar-refractivity contribution in [3.63, 3.8) is 0 Å². The summed E-state index contributed by atoms with van der Waals surface area (Å²) in [5.74, 6) is -0.136. The van der Waals surface area contributed by atoms with E-state index in [1.54, 1.807) is 6.07 Å². The van der Waals surface area contributed by atoms with E-state index in [4.69, 9.17) is 4.74 Å². The molecule has 0 spiro atoms. The molecular weight excluding hydrogens is 243 g/mol. The Hall–Kier alpha value is -0.970. The van der Waals surface area contributed by atoms with E-state index in [1.165, 1.54) is 6.07 Å². The Morgan fingerprint density at radius 1 is 1.47 bits per heavy atom. The number of halogens is 1. The van der Waals surface area contributed by atoms with Gasteiger partial charge in [0.2, 0.25) is 0 Å². The molecule has 1 heterocycles. The summed E-state index contributed by atoms with van der Waals surface area (Å²) in [5, 5.41) is 3.23. The Balaban J connectivity index is 2.08. The Bertz CT molecular complexity index is 399. The van der Waals surface area contributed by atoms with Crippen LogP contribution in [-0.4, -0.2) is 44.3 Å². The smallest absolute Gasteiger partial charge is 0.128 e. The summed E-state index contributed by atoms with van der Waals surface area (Å²) >= 11 is 0. The second-order valence-corrected chi connectivity index (χ2v) is 4.99. The molecule has 1 aromatic carbocycles. The standard InChI is InChI=1S/C15H23FN2O/c1-3-12-11-19-9-8-18(12)10-15(17-2)13-6-4-5-7-14(13)16/h4-7,12,15,17H,3,8-11H2,1-2H3. The van der Waals surface area contributed by atoms with Crippen molar-refractivity contribution in [1.29, 1.82) is 0 Å². The van der Waals surface area contributed by atoms with Crippen LogP contribution in [0.1, 0.15) is 24.9 Å². The molecule has 106 valence electrons. The van der Waals surface area contributed by atoms with Gasteiger partial charge in [-0.25, -0.2) is 4.39 Å². The summed E-state index contributed by atoms with van der Waals surface area (Å²) in [5.41, 5.74) is 0.742. The number of nitrogens with one attached hydrogen (secondary N) is 1. The maximum Gasteiger partial charge on any atom is 0.128 e. The highest BCUT2D eigenvalue weighted by molar-refractivity contribution is 5.21. The normalized spacial score (nSPS) is 22.4. The maximum absolute atomic E-state index is 13.9. The zero-order valence-electron chi connectivity index (χ0n) is 11.7. The van der Waals surface area contributed by atoms with Gasteiger partial charge in [0.15, 0.2) is 0 Å². The fourth-order valence-corrected chi connectivity index (χ4v) is 2.64. The lowest BCUT2D eigenvalue weighted by Gasteiger charge is -2.37. The third-order valence-corrected chi connectivity index (χ3v) is 3.87. The van der Waals surface area contributed by atoms with Crippen LogP contribution in [0.15, 0.2) is 24.3 Å². The van der Waals surface area contributed by atoms with Crippen LogP contribution in [0.5, 0.6) is 0 Å². The number of likely N-dealkylation sites (N-methyl/N-ethyl adjacent to an activating group) is 1. The van der Waals surface area contributed by atoms with Crippen molar-refractivity contribution in [2.75, 3.05) is 33.4 Å². The molecule has 0 bridgehead atoms. The van der Waals surface area contributed by atoms with Crippen LogP contribution < -0.4 is 5.32 Å². The Kier molecular flexibility index (Phi) is 5.31. The molecule has 1 saturated heterocycles. The first-order chi connectivity index (χ1) is 9.26. The highest BCUT2D eigenvalue weighted by atomic mass is 19.1. The molecule has 1 aliphatic heterocycles. The van der Waals surface area contributed by atoms with Crippen molar-refractivity contribution in [3.05, 3.63) is 35.6 Å². The average Bonchev–Trinajstić information content (AvgIpc) is 2.46. The second-order valence-electron chi connectivity index (χ2n) is 4.99. The summed E-state index contributed by atoms with van der Waals surface area (Å²) in [7, 11) is 1.89. The van der Waals surface area contributed by atoms with Crippen LogP contribution in [-0.2, 0) is 4.74 Å². The minimum Gasteiger partial charge on any atom is -0.378 e. The fraction of sp³-hybridized carbons (Fsp3) is 0.600. The topological polar surface area (TPSA) is 24.5 Å². The maximum atomic E-state index is 13.9. The summed E-state index contributed by atoms with van der Waals surface area (Å²) in [6.07, 6.45) is 1.06. The summed E-state index contributed by atoms with van der Waals surface area (Å²) in [6.45, 7) is 5.46.